The summed E-state index contributed by atoms with van der Waals surface area (Å²) in [5.74, 6) is 0.529. The molecule has 0 unspecified atom stereocenters. The fraction of sp³-hybridized carbons (Fsp3) is 0.308. The van der Waals surface area contributed by atoms with Crippen LogP contribution in [0.25, 0.3) is 32.9 Å². The highest BCUT2D eigenvalue weighted by atomic mass is 19.1. The maximum absolute atomic E-state index is 14.5. The van der Waals surface area contributed by atoms with E-state index in [4.69, 9.17) is 16.3 Å². The fourth-order valence-corrected chi connectivity index (χ4v) is 4.48. The van der Waals surface area contributed by atoms with Crippen LogP contribution >= 0.6 is 0 Å². The van der Waals surface area contributed by atoms with Gasteiger partial charge in [-0.05, 0) is 45.0 Å². The molecular formula is C26H25FN6O. The van der Waals surface area contributed by atoms with Crippen LogP contribution in [0, 0.1) is 25.2 Å². The maximum atomic E-state index is 14.5. The van der Waals surface area contributed by atoms with Crippen molar-refractivity contribution in [1.82, 2.24) is 24.3 Å². The molecule has 0 aliphatic carbocycles. The van der Waals surface area contributed by atoms with Gasteiger partial charge in [-0.15, -0.1) is 0 Å². The number of nitrogens with zero attached hydrogens (tertiary/aromatic N) is 6. The summed E-state index contributed by atoms with van der Waals surface area (Å²) in [4.78, 5) is 19.3. The second-order valence-corrected chi connectivity index (χ2v) is 8.79. The summed E-state index contributed by atoms with van der Waals surface area (Å²) in [6.07, 6.45) is 7.32. The predicted molar refractivity (Wildman–Crippen MR) is 128 cm³/mol. The van der Waals surface area contributed by atoms with Crippen molar-refractivity contribution < 1.29 is 9.13 Å². The van der Waals surface area contributed by atoms with Crippen LogP contribution in [0.15, 0.2) is 49.1 Å². The van der Waals surface area contributed by atoms with Crippen LogP contribution in [-0.2, 0) is 0 Å². The number of pyridine rings is 1. The number of rotatable bonds is 5. The predicted octanol–water partition coefficient (Wildman–Crippen LogP) is 5.18. The number of aryl methyl sites for hydroxylation is 1. The molecule has 0 bridgehead atoms. The van der Waals surface area contributed by atoms with Crippen molar-refractivity contribution in [3.63, 3.8) is 0 Å². The van der Waals surface area contributed by atoms with Gasteiger partial charge in [0.2, 0.25) is 5.88 Å². The van der Waals surface area contributed by atoms with Gasteiger partial charge < -0.3 is 9.64 Å². The van der Waals surface area contributed by atoms with E-state index in [0.29, 0.717) is 52.3 Å². The summed E-state index contributed by atoms with van der Waals surface area (Å²) < 4.78 is 22.6. The van der Waals surface area contributed by atoms with E-state index >= 15 is 0 Å². The van der Waals surface area contributed by atoms with Crippen LogP contribution in [-0.4, -0.2) is 51.0 Å². The van der Waals surface area contributed by atoms with Gasteiger partial charge in [0, 0.05) is 24.2 Å². The first-order valence-corrected chi connectivity index (χ1v) is 11.3. The number of hydrogen-bond donors (Lipinski definition) is 0. The number of piperidine rings is 1. The Hall–Kier alpha value is -3.83. The smallest absolute Gasteiger partial charge is 0.240 e. The second kappa shape index (κ2) is 9.20. The minimum atomic E-state index is -0.387. The quantitative estimate of drug-likeness (QED) is 0.388. The molecule has 1 aliphatic heterocycles. The van der Waals surface area contributed by atoms with Crippen LogP contribution in [0.2, 0.25) is 0 Å². The van der Waals surface area contributed by atoms with E-state index in [1.165, 1.54) is 6.07 Å². The zero-order chi connectivity index (χ0) is 23.7. The number of fused-ring (bicyclic) bond motifs is 1. The third-order valence-corrected chi connectivity index (χ3v) is 6.28. The molecule has 0 amide bonds. The number of likely N-dealkylation sites (tertiary alicyclic amines) is 1. The number of hydrogen-bond acceptors (Lipinski definition) is 5. The average molecular weight is 457 g/mol. The Labute approximate surface area is 197 Å². The molecule has 0 spiro atoms. The van der Waals surface area contributed by atoms with E-state index in [2.05, 4.69) is 26.8 Å². The monoisotopic (exact) mass is 456 g/mol. The summed E-state index contributed by atoms with van der Waals surface area (Å²) in [6.45, 7) is 11.6. The standard InChI is InChI=1S/C26H25FN6O/c1-17-22(27)11-20(12-30-17)25-24(19-6-8-21(28-2)9-7-19)31-26(23-13-29-16-33(23)25)34-15-18-5-4-10-32(3)14-18/h6-9,11-13,16,18H,4-5,10,14-15H2,1,3H3/t18-/m1/s1. The van der Waals surface area contributed by atoms with E-state index in [9.17, 15) is 4.39 Å². The fourth-order valence-electron chi connectivity index (χ4n) is 4.48. The summed E-state index contributed by atoms with van der Waals surface area (Å²) >= 11 is 0. The molecular weight excluding hydrogens is 431 g/mol. The Bertz CT molecular complexity index is 1370. The van der Waals surface area contributed by atoms with Crippen molar-refractivity contribution in [3.8, 4) is 28.4 Å². The lowest BCUT2D eigenvalue weighted by Gasteiger charge is -2.29. The lowest BCUT2D eigenvalue weighted by Crippen LogP contribution is -2.34. The number of ether oxygens (including phenoxy) is 1. The van der Waals surface area contributed by atoms with E-state index in [-0.39, 0.29) is 5.82 Å². The Morgan fingerprint density at radius 1 is 1.21 bits per heavy atom. The molecule has 172 valence electrons. The van der Waals surface area contributed by atoms with Crippen molar-refractivity contribution in [3.05, 3.63) is 72.0 Å². The Kier molecular flexibility index (Phi) is 5.95. The second-order valence-electron chi connectivity index (χ2n) is 8.79. The van der Waals surface area contributed by atoms with Crippen LogP contribution in [0.3, 0.4) is 0 Å². The SMILES string of the molecule is [C-]#[N+]c1ccc(-c2nc(OC[C@@H]3CCCN(C)C3)c3cncn3c2-c2cnc(C)c(F)c2)cc1. The van der Waals surface area contributed by atoms with Gasteiger partial charge in [-0.1, -0.05) is 24.3 Å². The van der Waals surface area contributed by atoms with Crippen molar-refractivity contribution in [2.75, 3.05) is 26.7 Å². The first-order chi connectivity index (χ1) is 16.5. The highest BCUT2D eigenvalue weighted by Crippen LogP contribution is 2.36. The van der Waals surface area contributed by atoms with E-state index < -0.39 is 0 Å². The van der Waals surface area contributed by atoms with Gasteiger partial charge in [-0.25, -0.2) is 19.2 Å². The van der Waals surface area contributed by atoms with Crippen molar-refractivity contribution in [2.24, 2.45) is 5.92 Å². The molecule has 1 fully saturated rings. The number of imidazole rings is 1. The van der Waals surface area contributed by atoms with Crippen molar-refractivity contribution >= 4 is 11.2 Å². The lowest BCUT2D eigenvalue weighted by atomic mass is 10.00. The molecule has 5 rings (SSSR count). The minimum absolute atomic E-state index is 0.332. The largest absolute Gasteiger partial charge is 0.476 e. The van der Waals surface area contributed by atoms with Crippen molar-refractivity contribution in [2.45, 2.75) is 19.8 Å². The van der Waals surface area contributed by atoms with Crippen LogP contribution in [0.5, 0.6) is 5.88 Å². The topological polar surface area (TPSA) is 59.9 Å². The molecule has 0 radical (unpaired) electrons. The zero-order valence-corrected chi connectivity index (χ0v) is 19.2. The van der Waals surface area contributed by atoms with Crippen LogP contribution < -0.4 is 4.74 Å². The van der Waals surface area contributed by atoms with Crippen LogP contribution in [0.4, 0.5) is 10.1 Å². The molecule has 8 heteroatoms. The molecule has 1 atom stereocenters. The van der Waals surface area contributed by atoms with Gasteiger partial charge >= 0.3 is 0 Å². The normalized spacial score (nSPS) is 16.5. The third kappa shape index (κ3) is 4.22. The number of aromatic nitrogens is 4. The molecule has 3 aromatic heterocycles. The molecule has 7 nitrogen and oxygen atoms in total. The van der Waals surface area contributed by atoms with Crippen LogP contribution in [0.1, 0.15) is 18.5 Å². The minimum Gasteiger partial charge on any atom is -0.476 e. The highest BCUT2D eigenvalue weighted by molar-refractivity contribution is 5.82. The first-order valence-electron chi connectivity index (χ1n) is 11.3. The molecule has 34 heavy (non-hydrogen) atoms. The first kappa shape index (κ1) is 22.0. The van der Waals surface area contributed by atoms with Gasteiger partial charge in [0.15, 0.2) is 5.69 Å². The molecule has 1 aromatic carbocycles. The van der Waals surface area contributed by atoms with Crippen molar-refractivity contribution in [1.29, 1.82) is 0 Å². The molecule has 1 saturated heterocycles. The summed E-state index contributed by atoms with van der Waals surface area (Å²) in [5.41, 5.74) is 4.24. The molecule has 0 saturated carbocycles. The Morgan fingerprint density at radius 3 is 2.76 bits per heavy atom. The van der Waals surface area contributed by atoms with E-state index in [0.717, 1.165) is 31.5 Å². The number of benzene rings is 1. The number of halogens is 1. The van der Waals surface area contributed by atoms with Gasteiger partial charge in [0.25, 0.3) is 0 Å². The lowest BCUT2D eigenvalue weighted by molar-refractivity contribution is 0.148. The Balaban J connectivity index is 1.63. The van der Waals surface area contributed by atoms with E-state index in [1.807, 2.05) is 16.5 Å². The van der Waals surface area contributed by atoms with Gasteiger partial charge in [-0.2, -0.15) is 0 Å². The van der Waals surface area contributed by atoms with Gasteiger partial charge in [-0.3, -0.25) is 9.38 Å². The molecule has 4 heterocycles. The summed E-state index contributed by atoms with van der Waals surface area (Å²) in [7, 11) is 2.13. The molecule has 1 aliphatic rings. The third-order valence-electron chi connectivity index (χ3n) is 6.28. The highest BCUT2D eigenvalue weighted by Gasteiger charge is 2.22. The molecule has 4 aromatic rings. The Morgan fingerprint density at radius 2 is 2.03 bits per heavy atom. The summed E-state index contributed by atoms with van der Waals surface area (Å²) in [6, 6.07) is 8.66. The zero-order valence-electron chi connectivity index (χ0n) is 19.2. The van der Waals surface area contributed by atoms with Gasteiger partial charge in [0.05, 0.1) is 42.8 Å². The molecule has 0 N–H and O–H groups in total. The summed E-state index contributed by atoms with van der Waals surface area (Å²) in [5, 5.41) is 0. The average Bonchev–Trinajstić information content (AvgIpc) is 3.34. The maximum Gasteiger partial charge on any atom is 0.240 e. The van der Waals surface area contributed by atoms with E-state index in [1.54, 1.807) is 37.8 Å². The van der Waals surface area contributed by atoms with Gasteiger partial charge in [0.1, 0.15) is 11.3 Å².